The van der Waals surface area contributed by atoms with Crippen LogP contribution in [0.25, 0.3) is 5.69 Å². The zero-order valence-electron chi connectivity index (χ0n) is 16.1. The normalized spacial score (nSPS) is 10.4. The predicted molar refractivity (Wildman–Crippen MR) is 107 cm³/mol. The number of hydrogen-bond donors (Lipinski definition) is 1. The molecule has 158 valence electrons. The summed E-state index contributed by atoms with van der Waals surface area (Å²) in [5, 5.41) is 17.0. The Bertz CT molecular complexity index is 1230. The Hall–Kier alpha value is -4.41. The molecule has 0 aliphatic carbocycles. The van der Waals surface area contributed by atoms with Gasteiger partial charge in [-0.15, -0.1) is 0 Å². The van der Waals surface area contributed by atoms with Crippen molar-refractivity contribution in [3.05, 3.63) is 92.1 Å². The van der Waals surface area contributed by atoms with Crippen molar-refractivity contribution in [2.45, 2.75) is 6.92 Å². The van der Waals surface area contributed by atoms with Gasteiger partial charge in [0.25, 0.3) is 5.91 Å². The Kier molecular flexibility index (Phi) is 6.15. The summed E-state index contributed by atoms with van der Waals surface area (Å²) in [6.45, 7) is 0.857. The summed E-state index contributed by atoms with van der Waals surface area (Å²) in [6.07, 6.45) is 0. The number of ether oxygens (including phenoxy) is 1. The fraction of sp³-hybridized carbons (Fsp3) is 0.100. The third kappa shape index (κ3) is 4.96. The molecule has 2 aromatic carbocycles. The standard InChI is InChI=1S/C20H15FN4O6/c1-12-9-17(26)19(23-24(12)14-5-3-2-4-6-14)20(28)31-11-18(27)22-13-7-8-15(21)16(10-13)25(29)30/h2-10H,11H2,1H3,(H,22,27). The van der Waals surface area contributed by atoms with Gasteiger partial charge in [-0.25, -0.2) is 9.48 Å². The van der Waals surface area contributed by atoms with Gasteiger partial charge in [-0.05, 0) is 31.2 Å². The van der Waals surface area contributed by atoms with E-state index in [0.717, 1.165) is 18.2 Å². The van der Waals surface area contributed by atoms with Crippen LogP contribution in [-0.4, -0.2) is 33.2 Å². The van der Waals surface area contributed by atoms with Gasteiger partial charge in [0.2, 0.25) is 16.9 Å². The Balaban J connectivity index is 1.71. The van der Waals surface area contributed by atoms with Crippen molar-refractivity contribution in [2.24, 2.45) is 0 Å². The van der Waals surface area contributed by atoms with Crippen molar-refractivity contribution in [1.29, 1.82) is 0 Å². The van der Waals surface area contributed by atoms with E-state index < -0.39 is 46.0 Å². The Labute approximate surface area is 174 Å². The monoisotopic (exact) mass is 426 g/mol. The van der Waals surface area contributed by atoms with E-state index in [9.17, 15) is 28.9 Å². The summed E-state index contributed by atoms with van der Waals surface area (Å²) in [5.74, 6) is -3.02. The largest absolute Gasteiger partial charge is 0.451 e. The van der Waals surface area contributed by atoms with E-state index in [1.807, 2.05) is 0 Å². The van der Waals surface area contributed by atoms with Crippen LogP contribution in [0.3, 0.4) is 0 Å². The molecule has 0 aliphatic heterocycles. The van der Waals surface area contributed by atoms with Crippen molar-refractivity contribution in [1.82, 2.24) is 9.78 Å². The number of carbonyl (C=O) groups is 2. The number of nitro benzene ring substituents is 1. The highest BCUT2D eigenvalue weighted by atomic mass is 19.1. The molecular formula is C20H15FN4O6. The zero-order valence-corrected chi connectivity index (χ0v) is 16.1. The van der Waals surface area contributed by atoms with Gasteiger partial charge in [-0.2, -0.15) is 9.49 Å². The number of nitro groups is 1. The van der Waals surface area contributed by atoms with Crippen molar-refractivity contribution in [3.63, 3.8) is 0 Å². The van der Waals surface area contributed by atoms with Gasteiger partial charge in [-0.1, -0.05) is 18.2 Å². The molecule has 1 aromatic heterocycles. The number of amides is 1. The Morgan fingerprint density at radius 1 is 1.19 bits per heavy atom. The first kappa shape index (κ1) is 21.3. The van der Waals surface area contributed by atoms with Gasteiger partial charge in [0, 0.05) is 23.5 Å². The van der Waals surface area contributed by atoms with Crippen molar-refractivity contribution in [2.75, 3.05) is 11.9 Å². The number of nitrogens with one attached hydrogen (secondary N) is 1. The minimum Gasteiger partial charge on any atom is -0.451 e. The van der Waals surface area contributed by atoms with Crippen LogP contribution < -0.4 is 10.7 Å². The molecule has 0 spiro atoms. The summed E-state index contributed by atoms with van der Waals surface area (Å²) >= 11 is 0. The SMILES string of the molecule is Cc1cc(=O)c(C(=O)OCC(=O)Nc2ccc(F)c([N+](=O)[O-])c2)nn1-c1ccccc1. The smallest absolute Gasteiger partial charge is 0.363 e. The number of esters is 1. The molecule has 10 nitrogen and oxygen atoms in total. The lowest BCUT2D eigenvalue weighted by Gasteiger charge is -2.11. The van der Waals surface area contributed by atoms with E-state index in [-0.39, 0.29) is 5.69 Å². The second-order valence-corrected chi connectivity index (χ2v) is 6.29. The lowest BCUT2D eigenvalue weighted by Crippen LogP contribution is -2.27. The Morgan fingerprint density at radius 3 is 2.58 bits per heavy atom. The highest BCUT2D eigenvalue weighted by molar-refractivity contribution is 5.95. The van der Waals surface area contributed by atoms with E-state index in [4.69, 9.17) is 4.74 Å². The third-order valence-corrected chi connectivity index (χ3v) is 4.06. The number of anilines is 1. The van der Waals surface area contributed by atoms with Crippen LogP contribution >= 0.6 is 0 Å². The van der Waals surface area contributed by atoms with Crippen molar-refractivity contribution in [3.8, 4) is 5.69 Å². The zero-order chi connectivity index (χ0) is 22.5. The molecule has 31 heavy (non-hydrogen) atoms. The minimum atomic E-state index is -1.12. The van der Waals surface area contributed by atoms with Crippen LogP contribution in [0.2, 0.25) is 0 Å². The number of carbonyl (C=O) groups excluding carboxylic acids is 2. The molecule has 0 aliphatic rings. The molecule has 1 heterocycles. The van der Waals surface area contributed by atoms with Crippen LogP contribution in [0.1, 0.15) is 16.2 Å². The maximum Gasteiger partial charge on any atom is 0.363 e. The second kappa shape index (κ2) is 8.95. The molecule has 0 saturated heterocycles. The van der Waals surface area contributed by atoms with Gasteiger partial charge >= 0.3 is 11.7 Å². The first-order valence-corrected chi connectivity index (χ1v) is 8.83. The van der Waals surface area contributed by atoms with E-state index in [2.05, 4.69) is 10.4 Å². The number of nitrogens with zero attached hydrogens (tertiary/aromatic N) is 3. The molecule has 0 unspecified atom stereocenters. The first-order chi connectivity index (χ1) is 14.8. The van der Waals surface area contributed by atoms with Crippen molar-refractivity contribution < 1.29 is 23.6 Å². The molecule has 11 heteroatoms. The molecular weight excluding hydrogens is 411 g/mol. The van der Waals surface area contributed by atoms with Crippen LogP contribution in [0.15, 0.2) is 59.4 Å². The lowest BCUT2D eigenvalue weighted by atomic mass is 10.2. The van der Waals surface area contributed by atoms with Gasteiger partial charge in [0.15, 0.2) is 6.61 Å². The summed E-state index contributed by atoms with van der Waals surface area (Å²) in [7, 11) is 0. The summed E-state index contributed by atoms with van der Waals surface area (Å²) in [6, 6.07) is 12.8. The average molecular weight is 426 g/mol. The fourth-order valence-corrected chi connectivity index (χ4v) is 2.65. The summed E-state index contributed by atoms with van der Waals surface area (Å²) in [5.41, 5.74) is -0.967. The van der Waals surface area contributed by atoms with Gasteiger partial charge < -0.3 is 10.1 Å². The Morgan fingerprint density at radius 2 is 1.90 bits per heavy atom. The summed E-state index contributed by atoms with van der Waals surface area (Å²) in [4.78, 5) is 46.3. The second-order valence-electron chi connectivity index (χ2n) is 6.29. The number of rotatable bonds is 6. The van der Waals surface area contributed by atoms with E-state index in [1.165, 1.54) is 10.7 Å². The lowest BCUT2D eigenvalue weighted by molar-refractivity contribution is -0.387. The number of aromatic nitrogens is 2. The first-order valence-electron chi connectivity index (χ1n) is 8.83. The molecule has 0 saturated carbocycles. The number of hydrogen-bond acceptors (Lipinski definition) is 7. The van der Waals surface area contributed by atoms with Crippen molar-refractivity contribution >= 4 is 23.3 Å². The molecule has 1 N–H and O–H groups in total. The fourth-order valence-electron chi connectivity index (χ4n) is 2.65. The molecule has 1 amide bonds. The third-order valence-electron chi connectivity index (χ3n) is 4.06. The molecule has 3 aromatic rings. The van der Waals surface area contributed by atoms with E-state index in [1.54, 1.807) is 37.3 Å². The van der Waals surface area contributed by atoms with Crippen LogP contribution in [0, 0.1) is 22.9 Å². The van der Waals surface area contributed by atoms with Gasteiger partial charge in [0.05, 0.1) is 10.6 Å². The van der Waals surface area contributed by atoms with E-state index in [0.29, 0.717) is 11.4 Å². The molecule has 0 atom stereocenters. The number of aryl methyl sites for hydroxylation is 1. The number of benzene rings is 2. The average Bonchev–Trinajstić information content (AvgIpc) is 2.74. The molecule has 0 fully saturated rings. The topological polar surface area (TPSA) is 133 Å². The number of halogens is 1. The highest BCUT2D eigenvalue weighted by Crippen LogP contribution is 2.21. The summed E-state index contributed by atoms with van der Waals surface area (Å²) < 4.78 is 19.6. The maximum absolute atomic E-state index is 13.4. The van der Waals surface area contributed by atoms with Crippen LogP contribution in [-0.2, 0) is 9.53 Å². The van der Waals surface area contributed by atoms with E-state index >= 15 is 0 Å². The molecule has 0 bridgehead atoms. The minimum absolute atomic E-state index is 0.0611. The van der Waals surface area contributed by atoms with Gasteiger partial charge in [-0.3, -0.25) is 19.7 Å². The molecule has 0 radical (unpaired) electrons. The molecule has 3 rings (SSSR count). The van der Waals surface area contributed by atoms with Crippen LogP contribution in [0.4, 0.5) is 15.8 Å². The van der Waals surface area contributed by atoms with Gasteiger partial charge in [0.1, 0.15) is 0 Å². The van der Waals surface area contributed by atoms with Crippen LogP contribution in [0.5, 0.6) is 0 Å². The maximum atomic E-state index is 13.4. The number of para-hydroxylation sites is 1. The highest BCUT2D eigenvalue weighted by Gasteiger charge is 2.19. The quantitative estimate of drug-likeness (QED) is 0.363. The predicted octanol–water partition coefficient (Wildman–Crippen LogP) is 2.38.